The minimum atomic E-state index is -0.0999. The van der Waals surface area contributed by atoms with E-state index in [1.807, 2.05) is 11.5 Å². The smallest absolute Gasteiger partial charge is 0.236 e. The zero-order valence-corrected chi connectivity index (χ0v) is 18.1. The van der Waals surface area contributed by atoms with Crippen LogP contribution in [-0.2, 0) is 11.3 Å². The van der Waals surface area contributed by atoms with Crippen LogP contribution < -0.4 is 5.32 Å². The molecule has 1 aliphatic rings. The number of thiazole rings is 1. The molecule has 0 radical (unpaired) electrons. The van der Waals surface area contributed by atoms with Gasteiger partial charge >= 0.3 is 0 Å². The number of aryl methyl sites for hydroxylation is 2. The lowest BCUT2D eigenvalue weighted by molar-refractivity contribution is -0.113. The molecule has 0 atom stereocenters. The van der Waals surface area contributed by atoms with Crippen molar-refractivity contribution in [3.05, 3.63) is 53.2 Å². The maximum atomic E-state index is 12.4. The molecule has 1 saturated carbocycles. The van der Waals surface area contributed by atoms with Crippen LogP contribution in [0.2, 0.25) is 0 Å². The normalized spacial score (nSPS) is 13.4. The number of thioether (sulfide) groups is 1. The molecular formula is C21H23N5OS2. The third-order valence-electron chi connectivity index (χ3n) is 4.89. The highest BCUT2D eigenvalue weighted by Crippen LogP contribution is 2.40. The molecule has 1 amide bonds. The van der Waals surface area contributed by atoms with Crippen molar-refractivity contribution in [3.8, 4) is 11.3 Å². The van der Waals surface area contributed by atoms with Crippen molar-refractivity contribution in [2.75, 3.05) is 11.1 Å². The highest BCUT2D eigenvalue weighted by atomic mass is 32.2. The molecule has 0 saturated heterocycles. The van der Waals surface area contributed by atoms with Crippen LogP contribution in [-0.4, -0.2) is 31.4 Å². The number of carbonyl (C=O) groups excluding carboxylic acids is 1. The van der Waals surface area contributed by atoms with Crippen molar-refractivity contribution in [2.24, 2.45) is 0 Å². The molecule has 1 N–H and O–H groups in total. The summed E-state index contributed by atoms with van der Waals surface area (Å²) in [5.41, 5.74) is 4.42. The molecule has 4 rings (SSSR count). The number of anilines is 1. The monoisotopic (exact) mass is 425 g/mol. The third kappa shape index (κ3) is 4.59. The lowest BCUT2D eigenvalue weighted by Gasteiger charge is -2.06. The van der Waals surface area contributed by atoms with Gasteiger partial charge in [-0.1, -0.05) is 30.0 Å². The molecule has 6 nitrogen and oxygen atoms in total. The van der Waals surface area contributed by atoms with Crippen LogP contribution in [0.1, 0.15) is 35.7 Å². The Morgan fingerprint density at radius 1 is 1.34 bits per heavy atom. The molecule has 2 heterocycles. The van der Waals surface area contributed by atoms with Crippen molar-refractivity contribution in [1.29, 1.82) is 0 Å². The highest BCUT2D eigenvalue weighted by Gasteiger charge is 2.30. The molecular weight excluding hydrogens is 402 g/mol. The predicted octanol–water partition coefficient (Wildman–Crippen LogP) is 4.81. The number of allylic oxidation sites excluding steroid dienone is 1. The van der Waals surface area contributed by atoms with Crippen LogP contribution in [0.25, 0.3) is 11.3 Å². The second kappa shape index (κ2) is 8.51. The molecule has 1 fully saturated rings. The van der Waals surface area contributed by atoms with E-state index in [1.165, 1.54) is 34.2 Å². The molecule has 8 heteroatoms. The first kappa shape index (κ1) is 19.8. The predicted molar refractivity (Wildman–Crippen MR) is 119 cm³/mol. The van der Waals surface area contributed by atoms with Gasteiger partial charge in [-0.15, -0.1) is 28.1 Å². The fourth-order valence-corrected chi connectivity index (χ4v) is 4.49. The Hall–Kier alpha value is -2.45. The van der Waals surface area contributed by atoms with Gasteiger partial charge in [0.25, 0.3) is 0 Å². The maximum absolute atomic E-state index is 12.4. The maximum Gasteiger partial charge on any atom is 0.236 e. The summed E-state index contributed by atoms with van der Waals surface area (Å²) in [6, 6.07) is 6.27. The summed E-state index contributed by atoms with van der Waals surface area (Å²) in [6.45, 7) is 8.65. The lowest BCUT2D eigenvalue weighted by Crippen LogP contribution is -2.14. The van der Waals surface area contributed by atoms with E-state index in [0.717, 1.165) is 35.1 Å². The Bertz CT molecular complexity index is 1050. The topological polar surface area (TPSA) is 72.7 Å². The second-order valence-corrected chi connectivity index (χ2v) is 8.99. The molecule has 2 aromatic heterocycles. The van der Waals surface area contributed by atoms with Crippen LogP contribution in [0, 0.1) is 13.8 Å². The van der Waals surface area contributed by atoms with E-state index in [4.69, 9.17) is 0 Å². The molecule has 0 aliphatic heterocycles. The Balaban J connectivity index is 1.37. The van der Waals surface area contributed by atoms with Crippen molar-refractivity contribution in [2.45, 2.75) is 44.3 Å². The van der Waals surface area contributed by atoms with Gasteiger partial charge in [-0.2, -0.15) is 0 Å². The Morgan fingerprint density at radius 2 is 2.17 bits per heavy atom. The van der Waals surface area contributed by atoms with E-state index in [-0.39, 0.29) is 11.7 Å². The number of carbonyl (C=O) groups is 1. The van der Waals surface area contributed by atoms with E-state index < -0.39 is 0 Å². The number of hydrogen-bond acceptors (Lipinski definition) is 6. The molecule has 3 aromatic rings. The fraction of sp³-hybridized carbons (Fsp3) is 0.333. The van der Waals surface area contributed by atoms with Gasteiger partial charge in [0, 0.05) is 23.4 Å². The zero-order chi connectivity index (χ0) is 20.4. The van der Waals surface area contributed by atoms with Crippen molar-refractivity contribution in [3.63, 3.8) is 0 Å². The quantitative estimate of drug-likeness (QED) is 0.414. The molecule has 0 bridgehead atoms. The van der Waals surface area contributed by atoms with Crippen LogP contribution >= 0.6 is 23.1 Å². The van der Waals surface area contributed by atoms with Crippen molar-refractivity contribution in [1.82, 2.24) is 19.7 Å². The van der Waals surface area contributed by atoms with Crippen LogP contribution in [0.15, 0.2) is 41.4 Å². The van der Waals surface area contributed by atoms with E-state index in [9.17, 15) is 4.79 Å². The SMILES string of the molecule is C=CCn1c(SCC(=O)Nc2nc(-c3ccc(C)c(C)c3)cs2)nnc1C1CC1. The van der Waals surface area contributed by atoms with E-state index in [2.05, 4.69) is 63.7 Å². The number of amides is 1. The van der Waals surface area contributed by atoms with Crippen LogP contribution in [0.3, 0.4) is 0 Å². The van der Waals surface area contributed by atoms with Gasteiger partial charge in [0.05, 0.1) is 11.4 Å². The molecule has 1 aromatic carbocycles. The summed E-state index contributed by atoms with van der Waals surface area (Å²) < 4.78 is 2.06. The summed E-state index contributed by atoms with van der Waals surface area (Å²) in [5.74, 6) is 1.67. The van der Waals surface area contributed by atoms with Gasteiger partial charge in [0.2, 0.25) is 5.91 Å². The number of benzene rings is 1. The number of nitrogens with zero attached hydrogens (tertiary/aromatic N) is 4. The van der Waals surface area contributed by atoms with E-state index in [0.29, 0.717) is 17.6 Å². The summed E-state index contributed by atoms with van der Waals surface area (Å²) >= 11 is 2.83. The van der Waals surface area contributed by atoms with Gasteiger partial charge in [0.15, 0.2) is 10.3 Å². The van der Waals surface area contributed by atoms with E-state index >= 15 is 0 Å². The Kier molecular flexibility index (Phi) is 5.82. The summed E-state index contributed by atoms with van der Waals surface area (Å²) in [7, 11) is 0. The summed E-state index contributed by atoms with van der Waals surface area (Å²) in [5, 5.41) is 14.8. The minimum absolute atomic E-state index is 0.0999. The summed E-state index contributed by atoms with van der Waals surface area (Å²) in [4.78, 5) is 17.0. The average Bonchev–Trinajstić information content (AvgIpc) is 3.31. The standard InChI is InChI=1S/C21H23N5OS2/c1-4-9-26-19(15-7-8-15)24-25-21(26)29-12-18(27)23-20-22-17(11-28-20)16-6-5-13(2)14(3)10-16/h4-6,10-11,15H,1,7-9,12H2,2-3H3,(H,22,23,27). The molecule has 0 unspecified atom stereocenters. The number of nitrogens with one attached hydrogen (secondary N) is 1. The third-order valence-corrected chi connectivity index (χ3v) is 6.61. The van der Waals surface area contributed by atoms with E-state index in [1.54, 1.807) is 0 Å². The number of aromatic nitrogens is 4. The molecule has 1 aliphatic carbocycles. The molecule has 29 heavy (non-hydrogen) atoms. The Morgan fingerprint density at radius 3 is 2.90 bits per heavy atom. The Labute approximate surface area is 178 Å². The first-order valence-electron chi connectivity index (χ1n) is 9.55. The van der Waals surface area contributed by atoms with Gasteiger partial charge in [-0.25, -0.2) is 4.98 Å². The first-order chi connectivity index (χ1) is 14.0. The van der Waals surface area contributed by atoms with Crippen molar-refractivity contribution >= 4 is 34.1 Å². The minimum Gasteiger partial charge on any atom is -0.302 e. The first-order valence-corrected chi connectivity index (χ1v) is 11.4. The largest absolute Gasteiger partial charge is 0.302 e. The van der Waals surface area contributed by atoms with Gasteiger partial charge in [-0.3, -0.25) is 4.79 Å². The van der Waals surface area contributed by atoms with Gasteiger partial charge < -0.3 is 9.88 Å². The van der Waals surface area contributed by atoms with Gasteiger partial charge in [-0.05, 0) is 43.9 Å². The van der Waals surface area contributed by atoms with Crippen LogP contribution in [0.4, 0.5) is 5.13 Å². The second-order valence-electron chi connectivity index (χ2n) is 7.19. The lowest BCUT2D eigenvalue weighted by atomic mass is 10.1. The van der Waals surface area contributed by atoms with Crippen molar-refractivity contribution < 1.29 is 4.79 Å². The summed E-state index contributed by atoms with van der Waals surface area (Å²) in [6.07, 6.45) is 4.16. The number of rotatable bonds is 8. The number of hydrogen-bond donors (Lipinski definition) is 1. The molecule has 150 valence electrons. The highest BCUT2D eigenvalue weighted by molar-refractivity contribution is 7.99. The molecule has 0 spiro atoms. The average molecular weight is 426 g/mol. The van der Waals surface area contributed by atoms with Crippen LogP contribution in [0.5, 0.6) is 0 Å². The zero-order valence-electron chi connectivity index (χ0n) is 16.5. The fourth-order valence-electron chi connectivity index (χ4n) is 3.00. The van der Waals surface area contributed by atoms with Gasteiger partial charge in [0.1, 0.15) is 5.82 Å².